The molecule has 1 fully saturated rings. The fraction of sp³-hybridized carbons (Fsp3) is 0.235. The number of anilines is 1. The number of hydrogen-bond donors (Lipinski definition) is 2. The fourth-order valence-electron chi connectivity index (χ4n) is 6.21. The van der Waals surface area contributed by atoms with E-state index < -0.39 is 45.0 Å². The van der Waals surface area contributed by atoms with E-state index in [1.807, 2.05) is 32.0 Å². The fourth-order valence-corrected chi connectivity index (χ4v) is 7.20. The van der Waals surface area contributed by atoms with Gasteiger partial charge in [-0.25, -0.2) is 28.1 Å². The highest BCUT2D eigenvalue weighted by atomic mass is 32.2. The number of benzene rings is 2. The maximum absolute atomic E-state index is 14.1. The van der Waals surface area contributed by atoms with Crippen LogP contribution in [0.2, 0.25) is 0 Å². The van der Waals surface area contributed by atoms with Crippen LogP contribution in [0, 0.1) is 13.8 Å². The van der Waals surface area contributed by atoms with Gasteiger partial charge in [0, 0.05) is 54.7 Å². The van der Waals surface area contributed by atoms with Gasteiger partial charge >= 0.3 is 6.18 Å². The molecule has 0 saturated carbocycles. The van der Waals surface area contributed by atoms with Crippen molar-refractivity contribution < 1.29 is 35.9 Å². The van der Waals surface area contributed by atoms with Crippen molar-refractivity contribution in [3.63, 3.8) is 0 Å². The minimum atomic E-state index is -4.92. The van der Waals surface area contributed by atoms with Crippen molar-refractivity contribution in [2.24, 2.45) is 0 Å². The van der Waals surface area contributed by atoms with Gasteiger partial charge in [0.25, 0.3) is 21.8 Å². The highest BCUT2D eigenvalue weighted by molar-refractivity contribution is 7.92. The zero-order valence-electron chi connectivity index (χ0n) is 26.6. The number of pyridine rings is 2. The topological polar surface area (TPSA) is 156 Å². The Morgan fingerprint density at radius 3 is 2.38 bits per heavy atom. The van der Waals surface area contributed by atoms with Crippen LogP contribution in [-0.2, 0) is 16.2 Å². The maximum atomic E-state index is 14.1. The van der Waals surface area contributed by atoms with Gasteiger partial charge in [0.1, 0.15) is 0 Å². The average Bonchev–Trinajstić information content (AvgIpc) is 3.06. The highest BCUT2D eigenvalue weighted by Gasteiger charge is 2.43. The summed E-state index contributed by atoms with van der Waals surface area (Å²) in [6.07, 6.45) is -3.72. The van der Waals surface area contributed by atoms with E-state index in [4.69, 9.17) is 4.74 Å². The zero-order valence-corrected chi connectivity index (χ0v) is 27.4. The number of amides is 2. The molecule has 2 aromatic carbocycles. The predicted octanol–water partition coefficient (Wildman–Crippen LogP) is 5.28. The van der Waals surface area contributed by atoms with E-state index in [2.05, 4.69) is 30.0 Å². The first kappa shape index (κ1) is 32.9. The number of alkyl halides is 3. The second kappa shape index (κ2) is 12.0. The van der Waals surface area contributed by atoms with Crippen LogP contribution in [0.3, 0.4) is 0 Å². The standard InChI is InChI=1S/C34H28F3N7O5S/c1-19-6-3-7-20(2)27(19)25-18-26-40-32(39-25)43-50(47,48)23-10-4-8-22(16-23)30(45)42-33(49-26)11-14-44(15-12-33)31(46)24-17-21-9-5-13-38-29(21)41-28(24)34(35,36)37/h3-10,13,16-18H,11-12,14-15H2,1-2H3,(H,42,45)(H,39,40,43). The van der Waals surface area contributed by atoms with Crippen molar-refractivity contribution in [2.45, 2.75) is 43.5 Å². The van der Waals surface area contributed by atoms with Crippen molar-refractivity contribution in [3.8, 4) is 17.1 Å². The number of nitrogens with zero attached hydrogens (tertiary/aromatic N) is 5. The van der Waals surface area contributed by atoms with Gasteiger partial charge < -0.3 is 15.0 Å². The molecule has 2 amide bonds. The molecule has 1 spiro atoms. The highest BCUT2D eigenvalue weighted by Crippen LogP contribution is 2.36. The number of piperidine rings is 1. The van der Waals surface area contributed by atoms with E-state index in [-0.39, 0.29) is 59.3 Å². The molecule has 5 heterocycles. The summed E-state index contributed by atoms with van der Waals surface area (Å²) in [5.41, 5.74) is -0.845. The number of aromatic nitrogens is 4. The molecule has 7 rings (SSSR count). The third-order valence-corrected chi connectivity index (χ3v) is 9.99. The summed E-state index contributed by atoms with van der Waals surface area (Å²) in [5.74, 6) is -1.92. The van der Waals surface area contributed by atoms with E-state index in [0.29, 0.717) is 11.3 Å². The average molecular weight is 704 g/mol. The number of fused-ring (bicyclic) bond motifs is 5. The lowest BCUT2D eigenvalue weighted by Gasteiger charge is -2.42. The molecule has 2 aliphatic heterocycles. The summed E-state index contributed by atoms with van der Waals surface area (Å²) in [4.78, 5) is 44.8. The summed E-state index contributed by atoms with van der Waals surface area (Å²) in [7, 11) is -4.24. The zero-order chi connectivity index (χ0) is 35.4. The van der Waals surface area contributed by atoms with Gasteiger partial charge in [-0.1, -0.05) is 24.3 Å². The number of aryl methyl sites for hydroxylation is 2. The third kappa shape index (κ3) is 6.17. The molecule has 2 N–H and O–H groups in total. The third-order valence-electron chi connectivity index (χ3n) is 8.66. The van der Waals surface area contributed by atoms with Gasteiger partial charge in [-0.05, 0) is 61.4 Å². The Bertz CT molecular complexity index is 2290. The Morgan fingerprint density at radius 2 is 1.66 bits per heavy atom. The number of rotatable bonds is 2. The van der Waals surface area contributed by atoms with Gasteiger partial charge in [-0.15, -0.1) is 0 Å². The van der Waals surface area contributed by atoms with Crippen LogP contribution >= 0.6 is 0 Å². The lowest BCUT2D eigenvalue weighted by Crippen LogP contribution is -2.59. The monoisotopic (exact) mass is 703 g/mol. The molecule has 0 radical (unpaired) electrons. The van der Waals surface area contributed by atoms with Crippen LogP contribution in [-0.4, -0.2) is 63.9 Å². The number of ether oxygens (including phenoxy) is 1. The van der Waals surface area contributed by atoms with E-state index in [1.165, 1.54) is 53.6 Å². The summed E-state index contributed by atoms with van der Waals surface area (Å²) < 4.78 is 77.9. The number of carbonyl (C=O) groups excluding carboxylic acids is 2. The Labute approximate surface area is 283 Å². The molecule has 256 valence electrons. The number of nitrogens with one attached hydrogen (secondary N) is 2. The second-order valence-electron chi connectivity index (χ2n) is 12.1. The number of likely N-dealkylation sites (tertiary alicyclic amines) is 1. The maximum Gasteiger partial charge on any atom is 0.434 e. The molecule has 0 unspecified atom stereocenters. The lowest BCUT2D eigenvalue weighted by molar-refractivity contribution is -0.141. The van der Waals surface area contributed by atoms with Gasteiger partial charge in [0.2, 0.25) is 11.8 Å². The van der Waals surface area contributed by atoms with Gasteiger partial charge in [-0.2, -0.15) is 18.2 Å². The van der Waals surface area contributed by atoms with Crippen LogP contribution < -0.4 is 14.8 Å². The van der Waals surface area contributed by atoms with Gasteiger partial charge in [0.15, 0.2) is 17.1 Å². The molecule has 50 heavy (non-hydrogen) atoms. The Balaban J connectivity index is 1.28. The van der Waals surface area contributed by atoms with Crippen LogP contribution in [0.1, 0.15) is 50.4 Å². The molecule has 12 nitrogen and oxygen atoms in total. The second-order valence-corrected chi connectivity index (χ2v) is 13.8. The largest absolute Gasteiger partial charge is 0.451 e. The molecule has 5 aromatic rings. The van der Waals surface area contributed by atoms with Crippen molar-refractivity contribution in [1.82, 2.24) is 30.2 Å². The van der Waals surface area contributed by atoms with Crippen LogP contribution in [0.25, 0.3) is 22.3 Å². The summed E-state index contributed by atoms with van der Waals surface area (Å²) in [5, 5.41) is 3.13. The molecule has 4 bridgehead atoms. The first-order valence-corrected chi connectivity index (χ1v) is 16.9. The van der Waals surface area contributed by atoms with E-state index in [9.17, 15) is 31.2 Å². The van der Waals surface area contributed by atoms with Crippen molar-refractivity contribution in [3.05, 3.63) is 101 Å². The summed E-state index contributed by atoms with van der Waals surface area (Å²) in [6, 6.07) is 16.7. The number of carbonyl (C=O) groups is 2. The van der Waals surface area contributed by atoms with E-state index in [0.717, 1.165) is 17.2 Å². The van der Waals surface area contributed by atoms with Crippen LogP contribution in [0.5, 0.6) is 5.88 Å². The molecule has 0 aliphatic carbocycles. The summed E-state index contributed by atoms with van der Waals surface area (Å²) >= 11 is 0. The molecular weight excluding hydrogens is 675 g/mol. The Hall–Kier alpha value is -5.64. The molecular formula is C34H28F3N7O5S. The van der Waals surface area contributed by atoms with Crippen molar-refractivity contribution >= 4 is 38.8 Å². The quantitative estimate of drug-likeness (QED) is 0.250. The smallest absolute Gasteiger partial charge is 0.434 e. The number of halogens is 3. The first-order valence-electron chi connectivity index (χ1n) is 15.4. The SMILES string of the molecule is Cc1cccc(C)c1-c1cc2nc(n1)NS(=O)(=O)c1cccc(c1)C(=O)NC1(CCN(C(=O)c3cc4cccnc4nc3C(F)(F)F)CC1)O2. The molecule has 2 aliphatic rings. The molecule has 3 aromatic heterocycles. The van der Waals surface area contributed by atoms with Crippen molar-refractivity contribution in [1.29, 1.82) is 0 Å². The molecule has 16 heteroatoms. The van der Waals surface area contributed by atoms with Crippen LogP contribution in [0.4, 0.5) is 19.1 Å². The van der Waals surface area contributed by atoms with E-state index >= 15 is 0 Å². The molecule has 1 saturated heterocycles. The minimum Gasteiger partial charge on any atom is -0.451 e. The van der Waals surface area contributed by atoms with E-state index in [1.54, 1.807) is 0 Å². The Kier molecular flexibility index (Phi) is 7.92. The number of hydrogen-bond acceptors (Lipinski definition) is 9. The minimum absolute atomic E-state index is 0.0152. The normalized spacial score (nSPS) is 16.8. The lowest BCUT2D eigenvalue weighted by atomic mass is 9.97. The van der Waals surface area contributed by atoms with Gasteiger partial charge in [-0.3, -0.25) is 9.59 Å². The first-order chi connectivity index (χ1) is 23.7. The van der Waals surface area contributed by atoms with Gasteiger partial charge in [0.05, 0.1) is 16.2 Å². The van der Waals surface area contributed by atoms with Crippen LogP contribution in [0.15, 0.2) is 77.8 Å². The Morgan fingerprint density at radius 1 is 0.940 bits per heavy atom. The van der Waals surface area contributed by atoms with Crippen molar-refractivity contribution in [2.75, 3.05) is 17.8 Å². The molecule has 0 atom stereocenters. The predicted molar refractivity (Wildman–Crippen MR) is 175 cm³/mol. The number of sulfonamides is 1. The summed E-state index contributed by atoms with van der Waals surface area (Å²) in [6.45, 7) is 3.52.